The van der Waals surface area contributed by atoms with E-state index in [0.29, 0.717) is 37.7 Å². The van der Waals surface area contributed by atoms with Gasteiger partial charge in [-0.3, -0.25) is 14.9 Å². The minimum absolute atomic E-state index is 0.107. The van der Waals surface area contributed by atoms with Gasteiger partial charge >= 0.3 is 0 Å². The van der Waals surface area contributed by atoms with Gasteiger partial charge in [0.1, 0.15) is 0 Å². The Kier molecular flexibility index (Phi) is 5.49. The van der Waals surface area contributed by atoms with Gasteiger partial charge in [-0.1, -0.05) is 12.1 Å². The third-order valence-corrected chi connectivity index (χ3v) is 4.85. The molecule has 1 N–H and O–H groups in total. The van der Waals surface area contributed by atoms with E-state index in [1.165, 1.54) is 12.1 Å². The molecule has 0 saturated carbocycles. The minimum atomic E-state index is -0.494. The van der Waals surface area contributed by atoms with Crippen LogP contribution >= 0.6 is 22.6 Å². The summed E-state index contributed by atoms with van der Waals surface area (Å²) >= 11 is 2.13. The second-order valence-corrected chi connectivity index (χ2v) is 6.65. The number of rotatable bonds is 4. The predicted molar refractivity (Wildman–Crippen MR) is 103 cm³/mol. The maximum absolute atomic E-state index is 12.8. The van der Waals surface area contributed by atoms with Gasteiger partial charge in [0, 0.05) is 28.8 Å². The highest BCUT2D eigenvalue weighted by atomic mass is 127. The summed E-state index contributed by atoms with van der Waals surface area (Å²) in [6.07, 6.45) is 0. The molecule has 2 aromatic rings. The van der Waals surface area contributed by atoms with Gasteiger partial charge in [-0.2, -0.15) is 0 Å². The Morgan fingerprint density at radius 1 is 1.20 bits per heavy atom. The largest absolute Gasteiger partial charge is 0.378 e. The quantitative estimate of drug-likeness (QED) is 0.437. The van der Waals surface area contributed by atoms with Gasteiger partial charge in [0.15, 0.2) is 0 Å². The highest BCUT2D eigenvalue weighted by Crippen LogP contribution is 2.28. The fourth-order valence-corrected chi connectivity index (χ4v) is 3.17. The predicted octanol–water partition coefficient (Wildman–Crippen LogP) is 3.29. The number of carbonyl (C=O) groups excluding carboxylic acids is 1. The first-order chi connectivity index (χ1) is 12.1. The van der Waals surface area contributed by atoms with Gasteiger partial charge in [-0.25, -0.2) is 0 Å². The van der Waals surface area contributed by atoms with Crippen molar-refractivity contribution in [2.45, 2.75) is 0 Å². The lowest BCUT2D eigenvalue weighted by Gasteiger charge is -2.30. The molecule has 3 rings (SSSR count). The van der Waals surface area contributed by atoms with E-state index < -0.39 is 4.92 Å². The Balaban J connectivity index is 1.96. The number of nitrogens with zero attached hydrogens (tertiary/aromatic N) is 2. The van der Waals surface area contributed by atoms with Crippen LogP contribution in [0.4, 0.5) is 17.1 Å². The second kappa shape index (κ2) is 7.79. The van der Waals surface area contributed by atoms with E-state index in [9.17, 15) is 14.9 Å². The van der Waals surface area contributed by atoms with Gasteiger partial charge in [-0.15, -0.1) is 0 Å². The molecule has 0 aromatic heterocycles. The Morgan fingerprint density at radius 3 is 2.60 bits per heavy atom. The van der Waals surface area contributed by atoms with Crippen molar-refractivity contribution in [3.63, 3.8) is 0 Å². The van der Waals surface area contributed by atoms with Crippen LogP contribution in [-0.4, -0.2) is 37.1 Å². The molecule has 1 aliphatic rings. The summed E-state index contributed by atoms with van der Waals surface area (Å²) in [5.41, 5.74) is 1.53. The van der Waals surface area contributed by atoms with E-state index in [1.807, 2.05) is 23.1 Å². The fourth-order valence-electron chi connectivity index (χ4n) is 2.65. The van der Waals surface area contributed by atoms with Crippen molar-refractivity contribution in [2.75, 3.05) is 36.5 Å². The summed E-state index contributed by atoms with van der Waals surface area (Å²) in [6, 6.07) is 11.8. The van der Waals surface area contributed by atoms with Crippen LogP contribution < -0.4 is 10.2 Å². The van der Waals surface area contributed by atoms with E-state index in [4.69, 9.17) is 4.74 Å². The maximum Gasteiger partial charge on any atom is 0.270 e. The summed E-state index contributed by atoms with van der Waals surface area (Å²) in [4.78, 5) is 25.4. The summed E-state index contributed by atoms with van der Waals surface area (Å²) in [5, 5.41) is 14.0. The van der Waals surface area contributed by atoms with Gasteiger partial charge in [-0.05, 0) is 40.8 Å². The number of benzene rings is 2. The summed E-state index contributed by atoms with van der Waals surface area (Å²) in [5.74, 6) is -0.366. The smallest absolute Gasteiger partial charge is 0.270 e. The number of nitro groups is 1. The zero-order valence-electron chi connectivity index (χ0n) is 13.3. The first-order valence-corrected chi connectivity index (χ1v) is 8.81. The molecule has 0 radical (unpaired) electrons. The molecule has 0 aliphatic carbocycles. The monoisotopic (exact) mass is 453 g/mol. The van der Waals surface area contributed by atoms with Gasteiger partial charge in [0.2, 0.25) is 0 Å². The number of nitro benzene ring substituents is 1. The number of morpholine rings is 1. The van der Waals surface area contributed by atoms with Crippen molar-refractivity contribution < 1.29 is 14.5 Å². The third-order valence-electron chi connectivity index (χ3n) is 3.91. The van der Waals surface area contributed by atoms with Crippen LogP contribution in [0.5, 0.6) is 0 Å². The average molecular weight is 453 g/mol. The van der Waals surface area contributed by atoms with Gasteiger partial charge < -0.3 is 15.0 Å². The molecular formula is C17H16IN3O4. The van der Waals surface area contributed by atoms with E-state index in [0.717, 1.165) is 3.57 Å². The number of para-hydroxylation sites is 1. The van der Waals surface area contributed by atoms with E-state index in [1.54, 1.807) is 12.1 Å². The van der Waals surface area contributed by atoms with Crippen molar-refractivity contribution in [3.05, 3.63) is 61.7 Å². The molecule has 8 heteroatoms. The lowest BCUT2D eigenvalue weighted by Crippen LogP contribution is -2.37. The van der Waals surface area contributed by atoms with E-state index in [-0.39, 0.29) is 17.2 Å². The van der Waals surface area contributed by atoms with E-state index >= 15 is 0 Å². The third kappa shape index (κ3) is 4.07. The Hall–Kier alpha value is -2.20. The molecule has 1 heterocycles. The highest BCUT2D eigenvalue weighted by Gasteiger charge is 2.22. The van der Waals surface area contributed by atoms with Gasteiger partial charge in [0.05, 0.1) is 35.1 Å². The lowest BCUT2D eigenvalue weighted by atomic mass is 10.1. The molecule has 1 fully saturated rings. The Bertz CT molecular complexity index is 806. The van der Waals surface area contributed by atoms with Crippen molar-refractivity contribution in [1.82, 2.24) is 0 Å². The number of anilines is 2. The normalized spacial score (nSPS) is 14.2. The first kappa shape index (κ1) is 17.6. The molecule has 0 spiro atoms. The first-order valence-electron chi connectivity index (χ1n) is 7.73. The molecule has 1 amide bonds. The van der Waals surface area contributed by atoms with Crippen molar-refractivity contribution >= 4 is 45.6 Å². The number of amides is 1. The van der Waals surface area contributed by atoms with Crippen LogP contribution in [0.2, 0.25) is 0 Å². The standard InChI is InChI=1S/C17H16IN3O4/c18-14-3-1-2-4-15(14)19-17(22)13-11-12(21(23)24)5-6-16(13)20-7-9-25-10-8-20/h1-6,11H,7-10H2,(H,19,22). The van der Waals surface area contributed by atoms with Crippen LogP contribution in [0.15, 0.2) is 42.5 Å². The number of non-ortho nitro benzene ring substituents is 1. The number of hydrogen-bond acceptors (Lipinski definition) is 5. The molecule has 0 atom stereocenters. The molecule has 25 heavy (non-hydrogen) atoms. The van der Waals surface area contributed by atoms with Crippen molar-refractivity contribution in [3.8, 4) is 0 Å². The number of carbonyl (C=O) groups is 1. The Labute approximate surface area is 158 Å². The topological polar surface area (TPSA) is 84.7 Å². The van der Waals surface area contributed by atoms with Crippen LogP contribution in [0.1, 0.15) is 10.4 Å². The maximum atomic E-state index is 12.8. The summed E-state index contributed by atoms with van der Waals surface area (Å²) < 4.78 is 6.24. The summed E-state index contributed by atoms with van der Waals surface area (Å²) in [6.45, 7) is 2.41. The highest BCUT2D eigenvalue weighted by molar-refractivity contribution is 14.1. The zero-order chi connectivity index (χ0) is 17.8. The molecule has 1 saturated heterocycles. The SMILES string of the molecule is O=C(Nc1ccccc1I)c1cc([N+](=O)[O-])ccc1N1CCOCC1. The number of hydrogen-bond donors (Lipinski definition) is 1. The van der Waals surface area contributed by atoms with Crippen LogP contribution in [0.25, 0.3) is 0 Å². The summed E-state index contributed by atoms with van der Waals surface area (Å²) in [7, 11) is 0. The minimum Gasteiger partial charge on any atom is -0.378 e. The second-order valence-electron chi connectivity index (χ2n) is 5.49. The van der Waals surface area contributed by atoms with Gasteiger partial charge in [0.25, 0.3) is 11.6 Å². The number of ether oxygens (including phenoxy) is 1. The van der Waals surface area contributed by atoms with Crippen LogP contribution in [-0.2, 0) is 4.74 Å². The van der Waals surface area contributed by atoms with Crippen LogP contribution in [0.3, 0.4) is 0 Å². The van der Waals surface area contributed by atoms with Crippen LogP contribution in [0, 0.1) is 13.7 Å². The molecule has 1 aliphatic heterocycles. The van der Waals surface area contributed by atoms with Crippen molar-refractivity contribution in [2.24, 2.45) is 0 Å². The zero-order valence-corrected chi connectivity index (χ0v) is 15.4. The molecule has 130 valence electrons. The lowest BCUT2D eigenvalue weighted by molar-refractivity contribution is -0.384. The average Bonchev–Trinajstić information content (AvgIpc) is 2.63. The fraction of sp³-hybridized carbons (Fsp3) is 0.235. The molecular weight excluding hydrogens is 437 g/mol. The number of halogens is 1. The molecule has 0 bridgehead atoms. The Morgan fingerprint density at radius 2 is 1.92 bits per heavy atom. The van der Waals surface area contributed by atoms with Crippen molar-refractivity contribution in [1.29, 1.82) is 0 Å². The number of nitrogens with one attached hydrogen (secondary N) is 1. The molecule has 7 nitrogen and oxygen atoms in total. The van der Waals surface area contributed by atoms with E-state index in [2.05, 4.69) is 27.9 Å². The molecule has 2 aromatic carbocycles. The molecule has 0 unspecified atom stereocenters.